The van der Waals surface area contributed by atoms with Crippen LogP contribution in [-0.2, 0) is 33.3 Å². The van der Waals surface area contributed by atoms with Crippen LogP contribution >= 0.6 is 0 Å². The first-order chi connectivity index (χ1) is 16.2. The number of nitrogens with zero attached hydrogens (tertiary/aromatic N) is 4. The number of ether oxygens (including phenoxy) is 4. The second-order valence-electron chi connectivity index (χ2n) is 7.69. The fourth-order valence-electron chi connectivity index (χ4n) is 4.09. The monoisotopic (exact) mass is 475 g/mol. The summed E-state index contributed by atoms with van der Waals surface area (Å²) in [5.74, 6) is -3.15. The number of carbonyl (C=O) groups excluding carboxylic acids is 3. The summed E-state index contributed by atoms with van der Waals surface area (Å²) in [7, 11) is 0. The summed E-state index contributed by atoms with van der Waals surface area (Å²) in [6.45, 7) is 4.46. The van der Waals surface area contributed by atoms with Crippen molar-refractivity contribution in [1.82, 2.24) is 19.5 Å². The molecule has 0 amide bonds. The molecule has 4 rings (SSSR count). The molecule has 180 valence electrons. The van der Waals surface area contributed by atoms with Gasteiger partial charge in [-0.3, -0.25) is 19.0 Å². The minimum Gasteiger partial charge on any atom is -0.451 e. The van der Waals surface area contributed by atoms with Gasteiger partial charge in [0.15, 0.2) is 17.7 Å². The van der Waals surface area contributed by atoms with Crippen LogP contribution in [0.4, 0.5) is 10.2 Å². The number of hydrogen-bond donors (Lipinski definition) is 1. The predicted octanol–water partition coefficient (Wildman–Crippen LogP) is 0.956. The number of carbonyl (C=O) groups is 3. The van der Waals surface area contributed by atoms with Crippen LogP contribution in [0, 0.1) is 12.3 Å². The van der Waals surface area contributed by atoms with Crippen molar-refractivity contribution in [2.45, 2.75) is 69.4 Å². The van der Waals surface area contributed by atoms with Crippen LogP contribution in [0.5, 0.6) is 0 Å². The number of nitrogens with two attached hydrogens (primary N) is 1. The molecule has 5 atom stereocenters. The van der Waals surface area contributed by atoms with E-state index < -0.39 is 47.3 Å². The zero-order chi connectivity index (χ0) is 24.9. The van der Waals surface area contributed by atoms with Crippen LogP contribution in [0.25, 0.3) is 11.2 Å². The molecule has 1 saturated heterocycles. The zero-order valence-electron chi connectivity index (χ0n) is 18.6. The highest BCUT2D eigenvalue weighted by Crippen LogP contribution is 2.72. The first-order valence-electron chi connectivity index (χ1n) is 10.6. The Morgan fingerprint density at radius 2 is 1.79 bits per heavy atom. The maximum atomic E-state index is 16.4. The normalized spacial score (nSPS) is 31.4. The van der Waals surface area contributed by atoms with Gasteiger partial charge in [-0.25, -0.2) is 19.3 Å². The number of terminal acetylenes is 1. The van der Waals surface area contributed by atoms with Crippen molar-refractivity contribution in [1.29, 1.82) is 0 Å². The van der Waals surface area contributed by atoms with E-state index >= 15 is 4.39 Å². The van der Waals surface area contributed by atoms with Crippen LogP contribution in [0.1, 0.15) is 46.3 Å². The summed E-state index contributed by atoms with van der Waals surface area (Å²) in [6, 6.07) is 0. The highest BCUT2D eigenvalue weighted by Gasteiger charge is 3.02. The first-order valence-corrected chi connectivity index (χ1v) is 10.6. The molecule has 0 aromatic carbocycles. The highest BCUT2D eigenvalue weighted by molar-refractivity contribution is 5.81. The number of fused-ring (bicyclic) bond motifs is 2. The maximum Gasteiger partial charge on any atom is 0.307 e. The van der Waals surface area contributed by atoms with Crippen molar-refractivity contribution in [3.05, 3.63) is 12.7 Å². The Balaban J connectivity index is 1.94. The summed E-state index contributed by atoms with van der Waals surface area (Å²) < 4.78 is 39.5. The SMILES string of the molecule is C#C[C@]1(OC(=O)CC)[C@H](n2cnc3c(N)ncnc32)O[C@]2(F)C(OC(=O)CC)[C@]12OC(=O)CC. The molecule has 2 aromatic rings. The number of esters is 3. The number of nitrogen functional groups attached to an aromatic ring is 1. The molecule has 0 radical (unpaired) electrons. The standard InChI is InChI=1S/C21H22FN5O7/c1-5-11(28)31-17-20(33-13(30)7-3)19(8-4,32-12(29)6-2)18(34-21(17,20)22)27-10-26-14-15(23)24-9-25-16(14)27/h4,9-10,17-18H,5-7H2,1-3H3,(H2,23,24,25)/t17?,18-,19+,20+,21-/m1/s1. The zero-order valence-corrected chi connectivity index (χ0v) is 18.6. The van der Waals surface area contributed by atoms with Crippen LogP contribution in [-0.4, -0.2) is 60.6 Å². The Bertz CT molecular complexity index is 1230. The van der Waals surface area contributed by atoms with E-state index in [-0.39, 0.29) is 36.2 Å². The van der Waals surface area contributed by atoms with Gasteiger partial charge in [0.2, 0.25) is 6.10 Å². The van der Waals surface area contributed by atoms with Gasteiger partial charge in [-0.1, -0.05) is 20.8 Å². The van der Waals surface area contributed by atoms with Crippen LogP contribution in [0.15, 0.2) is 12.7 Å². The lowest BCUT2D eigenvalue weighted by atomic mass is 9.92. The molecular weight excluding hydrogens is 453 g/mol. The molecule has 1 aliphatic carbocycles. The molecule has 1 saturated carbocycles. The molecule has 2 fully saturated rings. The number of hydrogen-bond acceptors (Lipinski definition) is 11. The number of aromatic nitrogens is 4. The van der Waals surface area contributed by atoms with Gasteiger partial charge >= 0.3 is 23.8 Å². The summed E-state index contributed by atoms with van der Waals surface area (Å²) >= 11 is 0. The Kier molecular flexibility index (Phi) is 5.44. The molecule has 0 spiro atoms. The smallest absolute Gasteiger partial charge is 0.307 e. The van der Waals surface area contributed by atoms with E-state index in [1.165, 1.54) is 31.7 Å². The maximum absolute atomic E-state index is 16.4. The van der Waals surface area contributed by atoms with Gasteiger partial charge in [-0.15, -0.1) is 6.42 Å². The highest BCUT2D eigenvalue weighted by atomic mass is 19.2. The number of rotatable bonds is 7. The number of anilines is 1. The largest absolute Gasteiger partial charge is 0.451 e. The molecule has 2 aromatic heterocycles. The van der Waals surface area contributed by atoms with Crippen molar-refractivity contribution in [3.63, 3.8) is 0 Å². The molecule has 1 unspecified atom stereocenters. The molecule has 13 heteroatoms. The third kappa shape index (κ3) is 2.88. The topological polar surface area (TPSA) is 158 Å². The van der Waals surface area contributed by atoms with E-state index in [4.69, 9.17) is 31.1 Å². The van der Waals surface area contributed by atoms with Crippen molar-refractivity contribution in [3.8, 4) is 12.3 Å². The quantitative estimate of drug-likeness (QED) is 0.345. The van der Waals surface area contributed by atoms with Crippen LogP contribution < -0.4 is 5.73 Å². The molecule has 2 N–H and O–H groups in total. The number of halogens is 1. The lowest BCUT2D eigenvalue weighted by Gasteiger charge is -2.36. The van der Waals surface area contributed by atoms with Crippen molar-refractivity contribution in [2.75, 3.05) is 5.73 Å². The van der Waals surface area contributed by atoms with Gasteiger partial charge in [0.1, 0.15) is 11.8 Å². The fraction of sp³-hybridized carbons (Fsp3) is 0.524. The minimum atomic E-state index is -2.93. The minimum absolute atomic E-state index is 0.0283. The summed E-state index contributed by atoms with van der Waals surface area (Å²) in [4.78, 5) is 49.0. The molecule has 1 aliphatic heterocycles. The lowest BCUT2D eigenvalue weighted by molar-refractivity contribution is -0.207. The first kappa shape index (κ1) is 23.4. The number of alkyl halides is 1. The average Bonchev–Trinajstić information content (AvgIpc) is 3.11. The second kappa shape index (κ2) is 7.91. The fourth-order valence-corrected chi connectivity index (χ4v) is 4.09. The Morgan fingerprint density at radius 3 is 2.41 bits per heavy atom. The number of imidazole rings is 1. The average molecular weight is 475 g/mol. The summed E-state index contributed by atoms with van der Waals surface area (Å²) in [5, 5.41) is 0. The van der Waals surface area contributed by atoms with Crippen LogP contribution in [0.3, 0.4) is 0 Å². The summed E-state index contributed by atoms with van der Waals surface area (Å²) in [5.41, 5.74) is 1.21. The third-order valence-electron chi connectivity index (χ3n) is 5.83. The van der Waals surface area contributed by atoms with E-state index in [0.717, 1.165) is 6.33 Å². The van der Waals surface area contributed by atoms with Crippen molar-refractivity contribution in [2.24, 2.45) is 0 Å². The molecule has 0 bridgehead atoms. The summed E-state index contributed by atoms with van der Waals surface area (Å²) in [6.07, 6.45) is 4.38. The third-order valence-corrected chi connectivity index (χ3v) is 5.83. The van der Waals surface area contributed by atoms with Crippen LogP contribution in [0.2, 0.25) is 0 Å². The molecule has 12 nitrogen and oxygen atoms in total. The van der Waals surface area contributed by atoms with Crippen molar-refractivity contribution < 1.29 is 37.7 Å². The molecular formula is C21H22FN5O7. The van der Waals surface area contributed by atoms with Gasteiger partial charge in [0.05, 0.1) is 6.33 Å². The molecule has 2 aliphatic rings. The lowest BCUT2D eigenvalue weighted by Crippen LogP contribution is -2.55. The van der Waals surface area contributed by atoms with Gasteiger partial charge in [-0.05, 0) is 5.92 Å². The van der Waals surface area contributed by atoms with E-state index in [0.29, 0.717) is 0 Å². The Labute approximate surface area is 192 Å². The molecule has 34 heavy (non-hydrogen) atoms. The van der Waals surface area contributed by atoms with E-state index in [1.54, 1.807) is 0 Å². The van der Waals surface area contributed by atoms with Gasteiger partial charge in [-0.2, -0.15) is 0 Å². The van der Waals surface area contributed by atoms with Gasteiger partial charge in [0, 0.05) is 19.3 Å². The van der Waals surface area contributed by atoms with Gasteiger partial charge in [0.25, 0.3) is 11.2 Å². The van der Waals surface area contributed by atoms with E-state index in [2.05, 4.69) is 20.9 Å². The Hall–Kier alpha value is -3.79. The van der Waals surface area contributed by atoms with Gasteiger partial charge < -0.3 is 24.7 Å². The second-order valence-corrected chi connectivity index (χ2v) is 7.69. The van der Waals surface area contributed by atoms with Crippen molar-refractivity contribution >= 4 is 34.9 Å². The Morgan fingerprint density at radius 1 is 1.15 bits per heavy atom. The van der Waals surface area contributed by atoms with E-state index in [1.807, 2.05) is 0 Å². The molecule has 3 heterocycles. The van der Waals surface area contributed by atoms with E-state index in [9.17, 15) is 14.4 Å². The predicted molar refractivity (Wildman–Crippen MR) is 111 cm³/mol.